The smallest absolute Gasteiger partial charge is 0.319 e. The molecular weight excluding hydrogens is 302 g/mol. The topological polar surface area (TPSA) is 154 Å². The monoisotopic (exact) mass is 315 g/mol. The molecule has 2 heterocycles. The summed E-state index contributed by atoms with van der Waals surface area (Å²) >= 11 is 0. The van der Waals surface area contributed by atoms with Gasteiger partial charge in [0.05, 0.1) is 12.2 Å². The van der Waals surface area contributed by atoms with Crippen LogP contribution in [0.1, 0.15) is 17.0 Å². The fourth-order valence-electron chi connectivity index (χ4n) is 1.75. The van der Waals surface area contributed by atoms with Crippen LogP contribution in [0, 0.1) is 13.8 Å². The highest BCUT2D eigenvalue weighted by Gasteiger charge is 2.27. The number of nitrogen functional groups attached to an aromatic ring is 1. The molecule has 0 unspecified atom stereocenters. The zero-order chi connectivity index (χ0) is 15.8. The van der Waals surface area contributed by atoms with Gasteiger partial charge in [0.2, 0.25) is 14.9 Å². The van der Waals surface area contributed by atoms with E-state index in [2.05, 4.69) is 15.5 Å². The number of sulfone groups is 1. The molecular formula is C10H13N5O5S. The first-order valence-electron chi connectivity index (χ1n) is 5.77. The molecule has 3 N–H and O–H groups in total. The summed E-state index contributed by atoms with van der Waals surface area (Å²) in [6.45, 7) is 3.55. The molecule has 2 aromatic heterocycles. The van der Waals surface area contributed by atoms with Gasteiger partial charge in [-0.15, -0.1) is 5.10 Å². The Hall–Kier alpha value is -2.43. The van der Waals surface area contributed by atoms with Crippen molar-refractivity contribution in [3.63, 3.8) is 0 Å². The Bertz CT molecular complexity index is 771. The molecule has 0 saturated heterocycles. The number of aromatic nitrogens is 4. The first kappa shape index (κ1) is 15.0. The van der Waals surface area contributed by atoms with E-state index in [0.29, 0.717) is 17.0 Å². The Morgan fingerprint density at radius 3 is 2.62 bits per heavy atom. The average Bonchev–Trinajstić information content (AvgIpc) is 2.86. The maximum atomic E-state index is 11.8. The second-order valence-electron chi connectivity index (χ2n) is 4.39. The van der Waals surface area contributed by atoms with Crippen molar-refractivity contribution in [1.29, 1.82) is 0 Å². The maximum Gasteiger partial charge on any atom is 0.319 e. The molecule has 0 amide bonds. The molecule has 10 nitrogen and oxygen atoms in total. The van der Waals surface area contributed by atoms with Gasteiger partial charge in [0, 0.05) is 5.56 Å². The van der Waals surface area contributed by atoms with Crippen LogP contribution in [-0.2, 0) is 21.2 Å². The van der Waals surface area contributed by atoms with Crippen LogP contribution in [0.5, 0.6) is 0 Å². The number of carbonyl (C=O) groups is 1. The second kappa shape index (κ2) is 5.16. The third kappa shape index (κ3) is 2.86. The molecule has 0 radical (unpaired) electrons. The van der Waals surface area contributed by atoms with Crippen molar-refractivity contribution < 1.29 is 22.8 Å². The van der Waals surface area contributed by atoms with Gasteiger partial charge < -0.3 is 15.4 Å². The molecule has 0 aromatic carbocycles. The molecule has 114 valence electrons. The summed E-state index contributed by atoms with van der Waals surface area (Å²) in [6, 6.07) is 0. The highest BCUT2D eigenvalue weighted by Crippen LogP contribution is 2.20. The first-order chi connectivity index (χ1) is 9.72. The number of hydrogen-bond acceptors (Lipinski definition) is 8. The zero-order valence-electron chi connectivity index (χ0n) is 11.3. The van der Waals surface area contributed by atoms with Gasteiger partial charge in [-0.1, -0.05) is 10.4 Å². The first-order valence-corrected chi connectivity index (χ1v) is 7.43. The Balaban J connectivity index is 2.36. The summed E-state index contributed by atoms with van der Waals surface area (Å²) in [7, 11) is -4.13. The third-order valence-electron chi connectivity index (χ3n) is 2.84. The highest BCUT2D eigenvalue weighted by atomic mass is 32.2. The summed E-state index contributed by atoms with van der Waals surface area (Å²) in [4.78, 5) is 10.6. The molecule has 0 aliphatic rings. The molecule has 0 spiro atoms. The van der Waals surface area contributed by atoms with Gasteiger partial charge in [0.15, 0.2) is 11.6 Å². The molecule has 0 atom stereocenters. The minimum atomic E-state index is -4.13. The average molecular weight is 315 g/mol. The van der Waals surface area contributed by atoms with Gasteiger partial charge >= 0.3 is 5.97 Å². The van der Waals surface area contributed by atoms with Gasteiger partial charge in [-0.25, -0.2) is 13.1 Å². The minimum Gasteiger partial charge on any atom is -0.480 e. The molecule has 0 aliphatic carbocycles. The number of aryl methyl sites for hydroxylation is 2. The Morgan fingerprint density at radius 1 is 1.43 bits per heavy atom. The van der Waals surface area contributed by atoms with E-state index in [9.17, 15) is 13.2 Å². The standard InChI is InChI=1S/C10H13N5O5S/c1-5-7(6(2)20-13-5)3-15-9(11)10(12-14-15)21(18,19)4-8(16)17/h3-4,11H2,1-2H3,(H,16,17). The van der Waals surface area contributed by atoms with E-state index >= 15 is 0 Å². The predicted molar refractivity (Wildman–Crippen MR) is 69.2 cm³/mol. The second-order valence-corrected chi connectivity index (χ2v) is 6.30. The third-order valence-corrected chi connectivity index (χ3v) is 4.34. The Kier molecular flexibility index (Phi) is 3.68. The van der Waals surface area contributed by atoms with Gasteiger partial charge in [0.25, 0.3) is 0 Å². The Morgan fingerprint density at radius 2 is 2.10 bits per heavy atom. The quantitative estimate of drug-likeness (QED) is 0.733. The summed E-state index contributed by atoms with van der Waals surface area (Å²) in [5, 5.41) is 18.9. The van der Waals surface area contributed by atoms with E-state index in [0.717, 1.165) is 4.68 Å². The number of nitrogens with zero attached hydrogens (tertiary/aromatic N) is 4. The zero-order valence-corrected chi connectivity index (χ0v) is 12.1. The summed E-state index contributed by atoms with van der Waals surface area (Å²) in [5.41, 5.74) is 7.02. The molecule has 0 saturated carbocycles. The van der Waals surface area contributed by atoms with Crippen LogP contribution >= 0.6 is 0 Å². The van der Waals surface area contributed by atoms with Crippen molar-refractivity contribution in [2.75, 3.05) is 11.5 Å². The Labute approximate surface area is 119 Å². The molecule has 2 rings (SSSR count). The van der Waals surface area contributed by atoms with Crippen molar-refractivity contribution in [3.8, 4) is 0 Å². The van der Waals surface area contributed by atoms with Crippen LogP contribution < -0.4 is 5.73 Å². The van der Waals surface area contributed by atoms with E-state index < -0.39 is 26.6 Å². The minimum absolute atomic E-state index is 0.128. The lowest BCUT2D eigenvalue weighted by molar-refractivity contribution is -0.134. The van der Waals surface area contributed by atoms with Crippen molar-refractivity contribution in [2.45, 2.75) is 25.4 Å². The predicted octanol–water partition coefficient (Wildman–Crippen LogP) is -0.628. The largest absolute Gasteiger partial charge is 0.480 e. The number of aliphatic carboxylic acids is 1. The van der Waals surface area contributed by atoms with Crippen LogP contribution in [0.4, 0.5) is 5.82 Å². The van der Waals surface area contributed by atoms with Crippen molar-refractivity contribution >= 4 is 21.6 Å². The van der Waals surface area contributed by atoms with Crippen LogP contribution in [-0.4, -0.2) is 45.4 Å². The SMILES string of the molecule is Cc1noc(C)c1Cn1nnc(S(=O)(=O)CC(=O)O)c1N. The molecule has 0 aliphatic heterocycles. The van der Waals surface area contributed by atoms with E-state index in [1.807, 2.05) is 0 Å². The lowest BCUT2D eigenvalue weighted by atomic mass is 10.2. The van der Waals surface area contributed by atoms with Crippen LogP contribution in [0.3, 0.4) is 0 Å². The highest BCUT2D eigenvalue weighted by molar-refractivity contribution is 7.92. The molecule has 0 bridgehead atoms. The number of hydrogen-bond donors (Lipinski definition) is 2. The fraction of sp³-hybridized carbons (Fsp3) is 0.400. The van der Waals surface area contributed by atoms with E-state index in [-0.39, 0.29) is 12.4 Å². The van der Waals surface area contributed by atoms with Gasteiger partial charge in [-0.2, -0.15) is 0 Å². The van der Waals surface area contributed by atoms with E-state index in [4.69, 9.17) is 15.4 Å². The van der Waals surface area contributed by atoms with E-state index in [1.54, 1.807) is 13.8 Å². The number of carboxylic acid groups (broad SMARTS) is 1. The van der Waals surface area contributed by atoms with Gasteiger partial charge in [0.1, 0.15) is 5.76 Å². The fourth-order valence-corrected chi connectivity index (χ4v) is 2.80. The molecule has 11 heteroatoms. The lowest BCUT2D eigenvalue weighted by Gasteiger charge is -2.03. The van der Waals surface area contributed by atoms with Gasteiger partial charge in [-0.3, -0.25) is 4.79 Å². The molecule has 2 aromatic rings. The number of nitrogens with two attached hydrogens (primary N) is 1. The summed E-state index contributed by atoms with van der Waals surface area (Å²) in [5.74, 6) is -2.26. The van der Waals surface area contributed by atoms with Crippen molar-refractivity contribution in [1.82, 2.24) is 20.2 Å². The molecule has 0 fully saturated rings. The summed E-state index contributed by atoms with van der Waals surface area (Å²) < 4.78 is 29.8. The van der Waals surface area contributed by atoms with Crippen molar-refractivity contribution in [2.24, 2.45) is 0 Å². The van der Waals surface area contributed by atoms with Crippen LogP contribution in [0.15, 0.2) is 9.55 Å². The maximum absolute atomic E-state index is 11.8. The lowest BCUT2D eigenvalue weighted by Crippen LogP contribution is -2.17. The van der Waals surface area contributed by atoms with E-state index in [1.165, 1.54) is 0 Å². The van der Waals surface area contributed by atoms with Crippen LogP contribution in [0.25, 0.3) is 0 Å². The number of rotatable bonds is 5. The number of carboxylic acids is 1. The van der Waals surface area contributed by atoms with Gasteiger partial charge in [-0.05, 0) is 13.8 Å². The molecule has 21 heavy (non-hydrogen) atoms. The normalized spacial score (nSPS) is 11.7. The van der Waals surface area contributed by atoms with Crippen LogP contribution in [0.2, 0.25) is 0 Å². The van der Waals surface area contributed by atoms with Crippen molar-refractivity contribution in [3.05, 3.63) is 17.0 Å². The number of anilines is 1. The summed E-state index contributed by atoms with van der Waals surface area (Å²) in [6.07, 6.45) is 0.